The summed E-state index contributed by atoms with van der Waals surface area (Å²) in [5.74, 6) is 0.677. The second kappa shape index (κ2) is 9.85. The van der Waals surface area contributed by atoms with E-state index in [4.69, 9.17) is 21.1 Å². The Bertz CT molecular complexity index is 566. The molecule has 5 heteroatoms. The molecule has 0 saturated carbocycles. The first-order valence-electron chi connectivity index (χ1n) is 7.16. The van der Waals surface area contributed by atoms with Crippen LogP contribution in [0.15, 0.2) is 53.0 Å². The Morgan fingerprint density at radius 3 is 2.59 bits per heavy atom. The smallest absolute Gasteiger partial charge is 0.138 e. The number of nitrogens with one attached hydrogen (secondary N) is 1. The average Bonchev–Trinajstić information content (AvgIpc) is 2.52. The van der Waals surface area contributed by atoms with Crippen LogP contribution >= 0.6 is 27.5 Å². The standard InChI is InChI=1S/C17H19BrClNO2/c18-15-6-7-17(16(19)12-15)22-11-10-21-9-8-20-13-14-4-2-1-3-5-14/h1-7,12,20H,8-11,13H2. The van der Waals surface area contributed by atoms with Crippen LogP contribution in [-0.2, 0) is 11.3 Å². The van der Waals surface area contributed by atoms with Gasteiger partial charge in [-0.05, 0) is 23.8 Å². The SMILES string of the molecule is Clc1cc(Br)ccc1OCCOCCNCc1ccccc1. The molecule has 0 spiro atoms. The highest BCUT2D eigenvalue weighted by atomic mass is 79.9. The number of halogens is 2. The minimum atomic E-state index is 0.486. The fourth-order valence-corrected chi connectivity index (χ4v) is 2.61. The van der Waals surface area contributed by atoms with Gasteiger partial charge in [0.05, 0.1) is 18.2 Å². The summed E-state index contributed by atoms with van der Waals surface area (Å²) in [7, 11) is 0. The molecule has 0 saturated heterocycles. The van der Waals surface area contributed by atoms with Crippen LogP contribution < -0.4 is 10.1 Å². The molecule has 22 heavy (non-hydrogen) atoms. The van der Waals surface area contributed by atoms with E-state index in [0.29, 0.717) is 30.6 Å². The lowest BCUT2D eigenvalue weighted by molar-refractivity contribution is 0.102. The van der Waals surface area contributed by atoms with E-state index >= 15 is 0 Å². The van der Waals surface area contributed by atoms with Crippen molar-refractivity contribution in [2.75, 3.05) is 26.4 Å². The molecule has 2 aromatic rings. The van der Waals surface area contributed by atoms with Gasteiger partial charge in [0.2, 0.25) is 0 Å². The molecular formula is C17H19BrClNO2. The van der Waals surface area contributed by atoms with Crippen molar-refractivity contribution >= 4 is 27.5 Å². The Balaban J connectivity index is 1.51. The molecule has 118 valence electrons. The second-order valence-electron chi connectivity index (χ2n) is 4.70. The van der Waals surface area contributed by atoms with E-state index in [9.17, 15) is 0 Å². The maximum atomic E-state index is 6.06. The Hall–Kier alpha value is -1.07. The van der Waals surface area contributed by atoms with Gasteiger partial charge in [0.25, 0.3) is 0 Å². The summed E-state index contributed by atoms with van der Waals surface area (Å²) < 4.78 is 12.0. The van der Waals surface area contributed by atoms with E-state index in [0.717, 1.165) is 17.6 Å². The van der Waals surface area contributed by atoms with Crippen LogP contribution in [0, 0.1) is 0 Å². The van der Waals surface area contributed by atoms with Gasteiger partial charge in [-0.15, -0.1) is 0 Å². The summed E-state index contributed by atoms with van der Waals surface area (Å²) in [6, 6.07) is 15.8. The molecule has 2 aromatic carbocycles. The van der Waals surface area contributed by atoms with Crippen LogP contribution in [0.5, 0.6) is 5.75 Å². The van der Waals surface area contributed by atoms with E-state index in [1.165, 1.54) is 5.56 Å². The lowest BCUT2D eigenvalue weighted by Crippen LogP contribution is -2.20. The van der Waals surface area contributed by atoms with Crippen molar-refractivity contribution < 1.29 is 9.47 Å². The van der Waals surface area contributed by atoms with E-state index in [2.05, 4.69) is 33.4 Å². The van der Waals surface area contributed by atoms with E-state index in [1.807, 2.05) is 36.4 Å². The van der Waals surface area contributed by atoms with Crippen molar-refractivity contribution in [3.05, 3.63) is 63.6 Å². The van der Waals surface area contributed by atoms with Gasteiger partial charge in [-0.1, -0.05) is 57.9 Å². The normalized spacial score (nSPS) is 10.6. The Morgan fingerprint density at radius 1 is 1.00 bits per heavy atom. The molecule has 3 nitrogen and oxygen atoms in total. The molecule has 0 atom stereocenters. The molecule has 0 radical (unpaired) electrons. The number of hydrogen-bond donors (Lipinski definition) is 1. The van der Waals surface area contributed by atoms with E-state index in [1.54, 1.807) is 0 Å². The van der Waals surface area contributed by atoms with Gasteiger partial charge >= 0.3 is 0 Å². The summed E-state index contributed by atoms with van der Waals surface area (Å²) >= 11 is 9.42. The third-order valence-corrected chi connectivity index (χ3v) is 3.76. The zero-order chi connectivity index (χ0) is 15.6. The van der Waals surface area contributed by atoms with Crippen LogP contribution in [-0.4, -0.2) is 26.4 Å². The molecule has 0 aliphatic heterocycles. The minimum absolute atomic E-state index is 0.486. The Morgan fingerprint density at radius 2 is 1.82 bits per heavy atom. The van der Waals surface area contributed by atoms with Crippen molar-refractivity contribution in [2.24, 2.45) is 0 Å². The third kappa shape index (κ3) is 6.36. The van der Waals surface area contributed by atoms with Gasteiger partial charge in [-0.3, -0.25) is 0 Å². The predicted molar refractivity (Wildman–Crippen MR) is 93.6 cm³/mol. The first kappa shape index (κ1) is 17.3. The van der Waals surface area contributed by atoms with Gasteiger partial charge < -0.3 is 14.8 Å². The quantitative estimate of drug-likeness (QED) is 0.654. The molecule has 0 amide bonds. The van der Waals surface area contributed by atoms with Gasteiger partial charge in [0.1, 0.15) is 12.4 Å². The van der Waals surface area contributed by atoms with Crippen molar-refractivity contribution in [1.82, 2.24) is 5.32 Å². The molecule has 0 bridgehead atoms. The highest BCUT2D eigenvalue weighted by Gasteiger charge is 2.01. The topological polar surface area (TPSA) is 30.5 Å². The zero-order valence-electron chi connectivity index (χ0n) is 12.2. The van der Waals surface area contributed by atoms with Crippen molar-refractivity contribution in [3.8, 4) is 5.75 Å². The molecule has 0 aliphatic carbocycles. The molecular weight excluding hydrogens is 366 g/mol. The maximum Gasteiger partial charge on any atom is 0.138 e. The summed E-state index contributed by atoms with van der Waals surface area (Å²) in [5, 5.41) is 3.93. The third-order valence-electron chi connectivity index (χ3n) is 2.97. The lowest BCUT2D eigenvalue weighted by atomic mass is 10.2. The van der Waals surface area contributed by atoms with Crippen LogP contribution in [0.25, 0.3) is 0 Å². The second-order valence-corrected chi connectivity index (χ2v) is 6.02. The predicted octanol–water partition coefficient (Wildman–Crippen LogP) is 4.29. The van der Waals surface area contributed by atoms with Crippen molar-refractivity contribution in [3.63, 3.8) is 0 Å². The minimum Gasteiger partial charge on any atom is -0.490 e. The number of ether oxygens (including phenoxy) is 2. The molecule has 0 fully saturated rings. The summed E-state index contributed by atoms with van der Waals surface area (Å²) in [6.07, 6.45) is 0. The lowest BCUT2D eigenvalue weighted by Gasteiger charge is -2.09. The number of hydrogen-bond acceptors (Lipinski definition) is 3. The average molecular weight is 385 g/mol. The fraction of sp³-hybridized carbons (Fsp3) is 0.294. The van der Waals surface area contributed by atoms with Crippen molar-refractivity contribution in [1.29, 1.82) is 0 Å². The van der Waals surface area contributed by atoms with E-state index in [-0.39, 0.29) is 0 Å². The molecule has 1 N–H and O–H groups in total. The number of benzene rings is 2. The molecule has 0 unspecified atom stereocenters. The Kier molecular flexibility index (Phi) is 7.74. The van der Waals surface area contributed by atoms with Gasteiger partial charge in [-0.25, -0.2) is 0 Å². The number of rotatable bonds is 9. The van der Waals surface area contributed by atoms with E-state index < -0.39 is 0 Å². The van der Waals surface area contributed by atoms with Gasteiger partial charge in [0, 0.05) is 17.6 Å². The summed E-state index contributed by atoms with van der Waals surface area (Å²) in [6.45, 7) is 3.35. The highest BCUT2D eigenvalue weighted by molar-refractivity contribution is 9.10. The largest absolute Gasteiger partial charge is 0.490 e. The highest BCUT2D eigenvalue weighted by Crippen LogP contribution is 2.27. The van der Waals surface area contributed by atoms with Crippen LogP contribution in [0.2, 0.25) is 5.02 Å². The van der Waals surface area contributed by atoms with Crippen LogP contribution in [0.3, 0.4) is 0 Å². The summed E-state index contributed by atoms with van der Waals surface area (Å²) in [4.78, 5) is 0. The first-order valence-corrected chi connectivity index (χ1v) is 8.33. The molecule has 0 aliphatic rings. The van der Waals surface area contributed by atoms with Gasteiger partial charge in [-0.2, -0.15) is 0 Å². The Labute approximate surface area is 144 Å². The first-order chi connectivity index (χ1) is 10.8. The van der Waals surface area contributed by atoms with Crippen molar-refractivity contribution in [2.45, 2.75) is 6.54 Å². The van der Waals surface area contributed by atoms with Crippen LogP contribution in [0.4, 0.5) is 0 Å². The van der Waals surface area contributed by atoms with Crippen LogP contribution in [0.1, 0.15) is 5.56 Å². The molecule has 0 aromatic heterocycles. The molecule has 0 heterocycles. The molecule has 2 rings (SSSR count). The van der Waals surface area contributed by atoms with Gasteiger partial charge in [0.15, 0.2) is 0 Å². The fourth-order valence-electron chi connectivity index (χ4n) is 1.88. The zero-order valence-corrected chi connectivity index (χ0v) is 14.6. The summed E-state index contributed by atoms with van der Waals surface area (Å²) in [5.41, 5.74) is 1.27. The monoisotopic (exact) mass is 383 g/mol. The maximum absolute atomic E-state index is 6.06.